The van der Waals surface area contributed by atoms with Crippen LogP contribution in [-0.2, 0) is 9.84 Å². The number of nitrogens with one attached hydrogen (secondary N) is 2. The second kappa shape index (κ2) is 10.7. The van der Waals surface area contributed by atoms with Gasteiger partial charge in [-0.15, -0.1) is 8.78 Å². The zero-order chi connectivity index (χ0) is 31.3. The van der Waals surface area contributed by atoms with E-state index in [0.717, 1.165) is 12.5 Å². The SMILES string of the molecule is Cc1nc(-c2ccc3c(c2)OC(F)(F)O3)c(-c2cc(-c3cccc(S(C)(=O)=O)c3)ccc2N/C=C(/Cl)C(=N)C(F)(F)F)o1. The van der Waals surface area contributed by atoms with E-state index in [0.29, 0.717) is 11.1 Å². The van der Waals surface area contributed by atoms with E-state index in [1.807, 2.05) is 0 Å². The summed E-state index contributed by atoms with van der Waals surface area (Å²) in [6.07, 6.45) is -7.00. The smallest absolute Gasteiger partial charge is 0.440 e. The highest BCUT2D eigenvalue weighted by Crippen LogP contribution is 2.45. The van der Waals surface area contributed by atoms with Gasteiger partial charge in [-0.2, -0.15) is 13.2 Å². The minimum Gasteiger partial charge on any atom is -0.440 e. The molecule has 2 heterocycles. The monoisotopic (exact) mass is 639 g/mol. The van der Waals surface area contributed by atoms with E-state index in [1.165, 1.54) is 43.3 Å². The van der Waals surface area contributed by atoms with Crippen LogP contribution in [0.15, 0.2) is 81.2 Å². The number of allylic oxidation sites excluding steroid dienone is 1. The van der Waals surface area contributed by atoms with Gasteiger partial charge in [0.15, 0.2) is 38.7 Å². The summed E-state index contributed by atoms with van der Waals surface area (Å²) in [4.78, 5) is 4.44. The normalized spacial score (nSPS) is 14.6. The number of halogens is 6. The van der Waals surface area contributed by atoms with E-state index in [1.54, 1.807) is 24.3 Å². The number of oxazole rings is 1. The van der Waals surface area contributed by atoms with Crippen LogP contribution in [-0.4, -0.2) is 37.8 Å². The van der Waals surface area contributed by atoms with Crippen molar-refractivity contribution in [2.24, 2.45) is 0 Å². The largest absolute Gasteiger partial charge is 0.586 e. The van der Waals surface area contributed by atoms with E-state index in [2.05, 4.69) is 19.8 Å². The zero-order valence-electron chi connectivity index (χ0n) is 22.0. The van der Waals surface area contributed by atoms with Gasteiger partial charge in [-0.25, -0.2) is 13.4 Å². The summed E-state index contributed by atoms with van der Waals surface area (Å²) in [6, 6.07) is 14.7. The molecule has 0 saturated heterocycles. The van der Waals surface area contributed by atoms with Crippen molar-refractivity contribution < 1.29 is 44.3 Å². The van der Waals surface area contributed by atoms with Crippen LogP contribution in [0, 0.1) is 12.3 Å². The van der Waals surface area contributed by atoms with E-state index in [-0.39, 0.29) is 50.6 Å². The molecule has 0 atom stereocenters. The van der Waals surface area contributed by atoms with E-state index in [9.17, 15) is 30.4 Å². The molecule has 0 amide bonds. The molecule has 224 valence electrons. The van der Waals surface area contributed by atoms with Crippen molar-refractivity contribution in [1.82, 2.24) is 4.98 Å². The van der Waals surface area contributed by atoms with Crippen molar-refractivity contribution in [1.29, 1.82) is 5.41 Å². The van der Waals surface area contributed by atoms with Crippen LogP contribution in [0.1, 0.15) is 5.89 Å². The molecule has 0 aliphatic carbocycles. The number of anilines is 1. The second-order valence-corrected chi connectivity index (χ2v) is 11.7. The lowest BCUT2D eigenvalue weighted by atomic mass is 9.98. The lowest BCUT2D eigenvalue weighted by Gasteiger charge is -2.13. The molecule has 0 saturated carbocycles. The molecule has 0 radical (unpaired) electrons. The molecule has 5 rings (SSSR count). The van der Waals surface area contributed by atoms with Crippen LogP contribution in [0.25, 0.3) is 33.7 Å². The Morgan fingerprint density at radius 3 is 2.37 bits per heavy atom. The highest BCUT2D eigenvalue weighted by molar-refractivity contribution is 7.90. The van der Waals surface area contributed by atoms with Gasteiger partial charge in [0.25, 0.3) is 0 Å². The average Bonchev–Trinajstić information content (AvgIpc) is 3.47. The fraction of sp³-hybridized carbons (Fsp3) is 0.143. The van der Waals surface area contributed by atoms with Gasteiger partial charge < -0.3 is 19.2 Å². The third-order valence-corrected chi connectivity index (χ3v) is 7.55. The van der Waals surface area contributed by atoms with Crippen LogP contribution >= 0.6 is 11.6 Å². The Kier molecular flexibility index (Phi) is 7.47. The summed E-state index contributed by atoms with van der Waals surface area (Å²) in [5.74, 6) is -0.199. The predicted octanol–water partition coefficient (Wildman–Crippen LogP) is 7.78. The molecule has 4 aromatic rings. The number of sulfone groups is 1. The minimum absolute atomic E-state index is 0.0579. The van der Waals surface area contributed by atoms with Crippen molar-refractivity contribution in [3.63, 3.8) is 0 Å². The lowest BCUT2D eigenvalue weighted by Crippen LogP contribution is -2.25. The fourth-order valence-electron chi connectivity index (χ4n) is 4.19. The highest BCUT2D eigenvalue weighted by atomic mass is 35.5. The minimum atomic E-state index is -4.99. The molecule has 8 nitrogen and oxygen atoms in total. The number of benzene rings is 3. The van der Waals surface area contributed by atoms with Crippen LogP contribution < -0.4 is 14.8 Å². The third kappa shape index (κ3) is 6.34. The Labute approximate surface area is 246 Å². The number of ether oxygens (including phenoxy) is 2. The van der Waals surface area contributed by atoms with Crippen molar-refractivity contribution in [2.45, 2.75) is 24.3 Å². The fourth-order valence-corrected chi connectivity index (χ4v) is 5.02. The average molecular weight is 640 g/mol. The quantitative estimate of drug-likeness (QED) is 0.157. The van der Waals surface area contributed by atoms with Crippen LogP contribution in [0.4, 0.5) is 27.6 Å². The van der Waals surface area contributed by atoms with Gasteiger partial charge in [-0.05, 0) is 53.6 Å². The summed E-state index contributed by atoms with van der Waals surface area (Å²) in [5.41, 5.74) is 0.0736. The van der Waals surface area contributed by atoms with Gasteiger partial charge in [0.05, 0.1) is 9.93 Å². The molecule has 0 spiro atoms. The maximum absolute atomic E-state index is 13.6. The number of hydrogen-bond acceptors (Lipinski definition) is 8. The Morgan fingerprint density at radius 1 is 1.00 bits per heavy atom. The number of alkyl halides is 5. The Hall–Kier alpha value is -4.43. The third-order valence-electron chi connectivity index (χ3n) is 6.15. The van der Waals surface area contributed by atoms with Crippen LogP contribution in [0.2, 0.25) is 0 Å². The molecular formula is C28H19ClF5N3O5S. The molecule has 15 heteroatoms. The highest BCUT2D eigenvalue weighted by Gasteiger charge is 2.43. The standard InChI is InChI=1S/C28H19ClF5N3O5S/c1-14-37-24(17-7-9-22-23(12-17)42-28(33,34)41-22)25(40-14)19-11-16(15-4-3-5-18(10-15)43(2,38)39)6-8-21(19)36-13-20(29)26(35)27(30,31)32/h3-13,35-36H,1-2H3/b20-13+,35-26?. The number of rotatable bonds is 7. The molecular weight excluding hydrogens is 621 g/mol. The molecule has 43 heavy (non-hydrogen) atoms. The molecule has 1 aliphatic heterocycles. The van der Waals surface area contributed by atoms with E-state index in [4.69, 9.17) is 21.4 Å². The maximum Gasteiger partial charge on any atom is 0.586 e. The second-order valence-electron chi connectivity index (χ2n) is 9.31. The molecule has 1 aliphatic rings. The van der Waals surface area contributed by atoms with Gasteiger partial charge in [-0.3, -0.25) is 5.41 Å². The number of aryl methyl sites for hydroxylation is 1. The van der Waals surface area contributed by atoms with Crippen molar-refractivity contribution >= 4 is 32.8 Å². The first-order valence-electron chi connectivity index (χ1n) is 12.1. The first-order chi connectivity index (χ1) is 20.0. The lowest BCUT2D eigenvalue weighted by molar-refractivity contribution is -0.286. The first kappa shape index (κ1) is 30.0. The van der Waals surface area contributed by atoms with Gasteiger partial charge in [0.1, 0.15) is 5.69 Å². The molecule has 2 N–H and O–H groups in total. The summed E-state index contributed by atoms with van der Waals surface area (Å²) < 4.78 is 105. The van der Waals surface area contributed by atoms with Crippen molar-refractivity contribution in [3.8, 4) is 45.2 Å². The number of nitrogens with zero attached hydrogens (tertiary/aromatic N) is 1. The maximum atomic E-state index is 13.6. The first-order valence-corrected chi connectivity index (χ1v) is 14.4. The topological polar surface area (TPSA) is 115 Å². The molecule has 0 fully saturated rings. The molecule has 0 bridgehead atoms. The summed E-state index contributed by atoms with van der Waals surface area (Å²) in [7, 11) is -3.55. The van der Waals surface area contributed by atoms with Gasteiger partial charge in [0, 0.05) is 36.2 Å². The number of fused-ring (bicyclic) bond motifs is 1. The summed E-state index contributed by atoms with van der Waals surface area (Å²) in [5, 5.41) is 9.00. The Morgan fingerprint density at radius 2 is 1.67 bits per heavy atom. The molecule has 0 unspecified atom stereocenters. The number of hydrogen-bond donors (Lipinski definition) is 2. The molecule has 3 aromatic carbocycles. The van der Waals surface area contributed by atoms with E-state index >= 15 is 0 Å². The van der Waals surface area contributed by atoms with Crippen molar-refractivity contribution in [3.05, 3.63) is 77.8 Å². The Bertz CT molecular complexity index is 1900. The molecule has 1 aromatic heterocycles. The zero-order valence-corrected chi connectivity index (χ0v) is 23.6. The Balaban J connectivity index is 1.65. The predicted molar refractivity (Wildman–Crippen MR) is 148 cm³/mol. The number of aromatic nitrogens is 1. The van der Waals surface area contributed by atoms with E-state index < -0.39 is 33.1 Å². The van der Waals surface area contributed by atoms with Crippen LogP contribution in [0.3, 0.4) is 0 Å². The summed E-state index contributed by atoms with van der Waals surface area (Å²) in [6.45, 7) is 1.53. The van der Waals surface area contributed by atoms with Gasteiger partial charge >= 0.3 is 12.5 Å². The van der Waals surface area contributed by atoms with Crippen molar-refractivity contribution in [2.75, 3.05) is 11.6 Å². The van der Waals surface area contributed by atoms with Gasteiger partial charge in [0.2, 0.25) is 0 Å². The van der Waals surface area contributed by atoms with Gasteiger partial charge in [-0.1, -0.05) is 29.8 Å². The van der Waals surface area contributed by atoms with Crippen LogP contribution in [0.5, 0.6) is 11.5 Å². The summed E-state index contributed by atoms with van der Waals surface area (Å²) >= 11 is 5.73.